The lowest BCUT2D eigenvalue weighted by molar-refractivity contribution is 0.0695. The van der Waals surface area contributed by atoms with Crippen LogP contribution in [-0.4, -0.2) is 39.8 Å². The van der Waals surface area contributed by atoms with Crippen molar-refractivity contribution in [2.45, 2.75) is 44.7 Å². The number of halogens is 1. The summed E-state index contributed by atoms with van der Waals surface area (Å²) in [6.45, 7) is 3.26. The molecule has 7 nitrogen and oxygen atoms in total. The Bertz CT molecular complexity index is 970. The summed E-state index contributed by atoms with van der Waals surface area (Å²) in [5, 5.41) is 9.32. The standard InChI is InChI=1S/C19H23FN4O3/c1-2-10-5-6-23(9-15(10)21)18-14(20)7-12-16(25)13(19(26)27)8-24(11-3-4-11)17(12)22-18/h7-8,10-11,15H,2-6,9,21H2,1H3,(H,26,27). The molecule has 1 aliphatic carbocycles. The van der Waals surface area contributed by atoms with Crippen LogP contribution < -0.4 is 16.1 Å². The molecule has 0 amide bonds. The first kappa shape index (κ1) is 17.9. The second-order valence-electron chi connectivity index (χ2n) is 7.55. The number of hydrogen-bond acceptors (Lipinski definition) is 5. The molecule has 4 rings (SSSR count). The summed E-state index contributed by atoms with van der Waals surface area (Å²) in [5.41, 5.74) is 5.52. The number of nitrogens with zero attached hydrogens (tertiary/aromatic N) is 3. The Morgan fingerprint density at radius 3 is 2.74 bits per heavy atom. The second-order valence-corrected chi connectivity index (χ2v) is 7.55. The van der Waals surface area contributed by atoms with Crippen molar-refractivity contribution < 1.29 is 14.3 Å². The van der Waals surface area contributed by atoms with Gasteiger partial charge in [-0.2, -0.15) is 0 Å². The first-order valence-corrected chi connectivity index (χ1v) is 9.40. The van der Waals surface area contributed by atoms with E-state index in [0.29, 0.717) is 24.7 Å². The van der Waals surface area contributed by atoms with Gasteiger partial charge in [-0.25, -0.2) is 14.2 Å². The zero-order valence-corrected chi connectivity index (χ0v) is 15.2. The Labute approximate surface area is 155 Å². The summed E-state index contributed by atoms with van der Waals surface area (Å²) < 4.78 is 16.5. The summed E-state index contributed by atoms with van der Waals surface area (Å²) in [5.74, 6) is -1.34. The predicted molar refractivity (Wildman–Crippen MR) is 99.8 cm³/mol. The van der Waals surface area contributed by atoms with Crippen molar-refractivity contribution in [1.29, 1.82) is 0 Å². The van der Waals surface area contributed by atoms with Gasteiger partial charge in [0.25, 0.3) is 0 Å². The first-order chi connectivity index (χ1) is 12.9. The van der Waals surface area contributed by atoms with Gasteiger partial charge in [0.1, 0.15) is 11.2 Å². The van der Waals surface area contributed by atoms with Crippen LogP contribution in [0.4, 0.5) is 10.2 Å². The fourth-order valence-electron chi connectivity index (χ4n) is 3.97. The number of fused-ring (bicyclic) bond motifs is 1. The van der Waals surface area contributed by atoms with E-state index in [1.165, 1.54) is 6.20 Å². The molecule has 1 saturated heterocycles. The van der Waals surface area contributed by atoms with Crippen molar-refractivity contribution in [2.24, 2.45) is 11.7 Å². The smallest absolute Gasteiger partial charge is 0.341 e. The SMILES string of the molecule is CCC1CCN(c2nc3c(cc2F)c(=O)c(C(=O)O)cn3C2CC2)CC1N. The number of hydrogen-bond donors (Lipinski definition) is 2. The largest absolute Gasteiger partial charge is 0.477 e. The molecule has 2 unspecified atom stereocenters. The minimum absolute atomic E-state index is 0.00999. The van der Waals surface area contributed by atoms with Crippen molar-refractivity contribution in [3.05, 3.63) is 33.9 Å². The van der Waals surface area contributed by atoms with Gasteiger partial charge >= 0.3 is 5.97 Å². The number of carboxylic acid groups (broad SMARTS) is 1. The van der Waals surface area contributed by atoms with Crippen molar-refractivity contribution in [3.63, 3.8) is 0 Å². The Hall–Kier alpha value is -2.48. The Kier molecular flexibility index (Phi) is 4.38. The minimum atomic E-state index is -1.31. The van der Waals surface area contributed by atoms with E-state index in [1.54, 1.807) is 4.57 Å². The predicted octanol–water partition coefficient (Wildman–Crippen LogP) is 2.13. The van der Waals surface area contributed by atoms with Crippen LogP contribution in [0, 0.1) is 11.7 Å². The van der Waals surface area contributed by atoms with Crippen LogP contribution in [0.2, 0.25) is 0 Å². The molecule has 2 atom stereocenters. The lowest BCUT2D eigenvalue weighted by Gasteiger charge is -2.37. The minimum Gasteiger partial charge on any atom is -0.477 e. The highest BCUT2D eigenvalue weighted by molar-refractivity contribution is 5.92. The lowest BCUT2D eigenvalue weighted by atomic mass is 9.90. The molecule has 8 heteroatoms. The third-order valence-corrected chi connectivity index (χ3v) is 5.74. The van der Waals surface area contributed by atoms with Gasteiger partial charge in [0.2, 0.25) is 5.43 Å². The third-order valence-electron chi connectivity index (χ3n) is 5.74. The van der Waals surface area contributed by atoms with Crippen molar-refractivity contribution in [1.82, 2.24) is 9.55 Å². The molecule has 0 spiro atoms. The molecule has 144 valence electrons. The van der Waals surface area contributed by atoms with Crippen LogP contribution in [0.15, 0.2) is 17.1 Å². The molecule has 27 heavy (non-hydrogen) atoms. The molecule has 2 fully saturated rings. The first-order valence-electron chi connectivity index (χ1n) is 9.40. The molecule has 3 heterocycles. The number of aromatic nitrogens is 2. The van der Waals surface area contributed by atoms with E-state index in [2.05, 4.69) is 11.9 Å². The number of nitrogens with two attached hydrogens (primary N) is 1. The molecule has 1 saturated carbocycles. The lowest BCUT2D eigenvalue weighted by Crippen LogP contribution is -2.49. The van der Waals surface area contributed by atoms with Gasteiger partial charge < -0.3 is 20.3 Å². The Balaban J connectivity index is 1.84. The maximum Gasteiger partial charge on any atom is 0.341 e. The molecule has 1 aliphatic heterocycles. The number of rotatable bonds is 4. The van der Waals surface area contributed by atoms with Gasteiger partial charge in [-0.15, -0.1) is 0 Å². The van der Waals surface area contributed by atoms with Crippen LogP contribution in [-0.2, 0) is 0 Å². The molecule has 0 bridgehead atoms. The van der Waals surface area contributed by atoms with E-state index in [-0.39, 0.29) is 28.9 Å². The quantitative estimate of drug-likeness (QED) is 0.850. The van der Waals surface area contributed by atoms with Gasteiger partial charge in [-0.3, -0.25) is 4.79 Å². The summed E-state index contributed by atoms with van der Waals surface area (Å²) in [4.78, 5) is 30.2. The number of carbonyl (C=O) groups is 1. The topological polar surface area (TPSA) is 101 Å². The number of carboxylic acids is 1. The summed E-state index contributed by atoms with van der Waals surface area (Å²) in [7, 11) is 0. The second kappa shape index (κ2) is 6.60. The molecule has 0 radical (unpaired) electrons. The zero-order chi connectivity index (χ0) is 19.3. The van der Waals surface area contributed by atoms with Crippen molar-refractivity contribution >= 4 is 22.8 Å². The maximum absolute atomic E-state index is 14.8. The Morgan fingerprint density at radius 1 is 1.41 bits per heavy atom. The highest BCUT2D eigenvalue weighted by Gasteiger charge is 2.31. The van der Waals surface area contributed by atoms with Gasteiger partial charge in [0, 0.05) is 31.4 Å². The molecule has 2 aliphatic rings. The molecule has 0 aromatic carbocycles. The number of anilines is 1. The number of aromatic carboxylic acids is 1. The number of piperidine rings is 1. The average Bonchev–Trinajstić information content (AvgIpc) is 3.46. The molecular weight excluding hydrogens is 351 g/mol. The average molecular weight is 374 g/mol. The maximum atomic E-state index is 14.8. The third kappa shape index (κ3) is 3.07. The van der Waals surface area contributed by atoms with Crippen molar-refractivity contribution in [3.8, 4) is 0 Å². The fraction of sp³-hybridized carbons (Fsp3) is 0.526. The van der Waals surface area contributed by atoms with Crippen LogP contribution in [0.25, 0.3) is 11.0 Å². The van der Waals surface area contributed by atoms with Gasteiger partial charge in [0.05, 0.1) is 5.39 Å². The summed E-state index contributed by atoms with van der Waals surface area (Å²) in [6.07, 6.45) is 4.97. The van der Waals surface area contributed by atoms with E-state index in [1.807, 2.05) is 4.90 Å². The van der Waals surface area contributed by atoms with E-state index in [9.17, 15) is 19.1 Å². The van der Waals surface area contributed by atoms with Gasteiger partial charge in [-0.1, -0.05) is 13.3 Å². The van der Waals surface area contributed by atoms with Crippen LogP contribution in [0.5, 0.6) is 0 Å². The van der Waals surface area contributed by atoms with Crippen LogP contribution in [0.3, 0.4) is 0 Å². The van der Waals surface area contributed by atoms with E-state index in [4.69, 9.17) is 5.73 Å². The monoisotopic (exact) mass is 374 g/mol. The van der Waals surface area contributed by atoms with E-state index in [0.717, 1.165) is 31.7 Å². The summed E-state index contributed by atoms with van der Waals surface area (Å²) in [6, 6.07) is 1.17. The van der Waals surface area contributed by atoms with Crippen LogP contribution in [0.1, 0.15) is 49.0 Å². The van der Waals surface area contributed by atoms with Crippen LogP contribution >= 0.6 is 0 Å². The normalized spacial score (nSPS) is 23.0. The molecule has 2 aromatic rings. The Morgan fingerprint density at radius 2 is 2.15 bits per heavy atom. The van der Waals surface area contributed by atoms with E-state index >= 15 is 0 Å². The highest BCUT2D eigenvalue weighted by atomic mass is 19.1. The zero-order valence-electron chi connectivity index (χ0n) is 15.2. The molecule has 2 aromatic heterocycles. The van der Waals surface area contributed by atoms with Crippen molar-refractivity contribution in [2.75, 3.05) is 18.0 Å². The fourth-order valence-corrected chi connectivity index (χ4v) is 3.97. The summed E-state index contributed by atoms with van der Waals surface area (Å²) >= 11 is 0. The number of pyridine rings is 2. The molecule has 3 N–H and O–H groups in total. The van der Waals surface area contributed by atoms with E-state index < -0.39 is 17.2 Å². The highest BCUT2D eigenvalue weighted by Crippen LogP contribution is 2.37. The molecular formula is C19H23FN4O3. The van der Waals surface area contributed by atoms with Gasteiger partial charge in [-0.05, 0) is 31.2 Å². The van der Waals surface area contributed by atoms with Gasteiger partial charge in [0.15, 0.2) is 11.6 Å².